The van der Waals surface area contributed by atoms with E-state index in [0.717, 1.165) is 22.7 Å². The minimum Gasteiger partial charge on any atom is -0.309 e. The van der Waals surface area contributed by atoms with E-state index >= 15 is 0 Å². The molecule has 13 rings (SSSR count). The second kappa shape index (κ2) is 14.6. The van der Waals surface area contributed by atoms with E-state index in [0.29, 0.717) is 0 Å². The van der Waals surface area contributed by atoms with Crippen molar-refractivity contribution in [3.8, 4) is 44.1 Å². The third-order valence-corrected chi connectivity index (χ3v) is 14.9. The number of thiophene rings is 1. The zero-order valence-electron chi connectivity index (χ0n) is 36.1. The third-order valence-electron chi connectivity index (χ3n) is 13.8. The van der Waals surface area contributed by atoms with Gasteiger partial charge in [0.1, 0.15) is 5.00 Å². The first-order chi connectivity index (χ1) is 32.0. The van der Waals surface area contributed by atoms with Gasteiger partial charge in [-0.1, -0.05) is 147 Å². The number of rotatable bonds is 7. The van der Waals surface area contributed by atoms with Crippen molar-refractivity contribution in [1.82, 2.24) is 9.13 Å². The van der Waals surface area contributed by atoms with Crippen molar-refractivity contribution in [3.63, 3.8) is 0 Å². The number of benzene rings is 9. The predicted octanol–water partition coefficient (Wildman–Crippen LogP) is 17.1. The van der Waals surface area contributed by atoms with Gasteiger partial charge in [0.05, 0.1) is 22.1 Å². The van der Waals surface area contributed by atoms with Crippen molar-refractivity contribution in [2.24, 2.45) is 0 Å². The standard InChI is InChI=1S/C61H43N3S/c1-61(2)53-20-10-6-16-47(53)48-34-33-46(39-54(48)61)62(43-27-24-41(25-28-43)40-14-4-3-5-15-40)60-37-36-59(65-60)42-26-35-58-52(38-42)51-19-9-13-23-57(51)64(58)45-31-29-44(30-32-45)63-55-21-11-7-17-49(55)50-18-8-12-22-56(50)63/h3-39H,1-2H3. The lowest BCUT2D eigenvalue weighted by Gasteiger charge is -2.27. The van der Waals surface area contributed by atoms with Crippen LogP contribution in [0.3, 0.4) is 0 Å². The van der Waals surface area contributed by atoms with Crippen LogP contribution in [0.5, 0.6) is 0 Å². The van der Waals surface area contributed by atoms with Gasteiger partial charge in [-0.3, -0.25) is 0 Å². The molecule has 0 bridgehead atoms. The maximum Gasteiger partial charge on any atom is 0.101 e. The fraction of sp³-hybridized carbons (Fsp3) is 0.0492. The Hall–Kier alpha value is -7.92. The summed E-state index contributed by atoms with van der Waals surface area (Å²) in [6, 6.07) is 82.5. The number of aromatic nitrogens is 2. The highest BCUT2D eigenvalue weighted by molar-refractivity contribution is 7.19. The lowest BCUT2D eigenvalue weighted by Crippen LogP contribution is -2.16. The Morgan fingerprint density at radius 1 is 0.369 bits per heavy atom. The molecule has 0 saturated carbocycles. The molecule has 4 heteroatoms. The molecule has 0 atom stereocenters. The summed E-state index contributed by atoms with van der Waals surface area (Å²) in [4.78, 5) is 3.67. The predicted molar refractivity (Wildman–Crippen MR) is 276 cm³/mol. The van der Waals surface area contributed by atoms with Gasteiger partial charge >= 0.3 is 0 Å². The van der Waals surface area contributed by atoms with E-state index in [2.05, 4.69) is 252 Å². The number of hydrogen-bond donors (Lipinski definition) is 0. The summed E-state index contributed by atoms with van der Waals surface area (Å²) < 4.78 is 4.80. The normalized spacial score (nSPS) is 12.9. The number of para-hydroxylation sites is 3. The highest BCUT2D eigenvalue weighted by Gasteiger charge is 2.36. The molecule has 0 aliphatic heterocycles. The Bertz CT molecular complexity index is 3740. The smallest absolute Gasteiger partial charge is 0.101 e. The molecule has 3 nitrogen and oxygen atoms in total. The van der Waals surface area contributed by atoms with Crippen LogP contribution in [0, 0.1) is 0 Å². The van der Waals surface area contributed by atoms with Gasteiger partial charge in [0, 0.05) is 54.6 Å². The Balaban J connectivity index is 0.896. The van der Waals surface area contributed by atoms with Gasteiger partial charge in [0.2, 0.25) is 0 Å². The first-order valence-electron chi connectivity index (χ1n) is 22.4. The quantitative estimate of drug-likeness (QED) is 0.156. The van der Waals surface area contributed by atoms with E-state index in [1.807, 2.05) is 11.3 Å². The van der Waals surface area contributed by atoms with Crippen molar-refractivity contribution in [1.29, 1.82) is 0 Å². The first-order valence-corrected chi connectivity index (χ1v) is 23.2. The van der Waals surface area contributed by atoms with Gasteiger partial charge in [0.25, 0.3) is 0 Å². The average Bonchev–Trinajstić information content (AvgIpc) is 4.12. The molecule has 65 heavy (non-hydrogen) atoms. The van der Waals surface area contributed by atoms with Crippen LogP contribution in [0.25, 0.3) is 87.7 Å². The molecular formula is C61H43N3S. The van der Waals surface area contributed by atoms with Gasteiger partial charge in [-0.15, -0.1) is 11.3 Å². The Morgan fingerprint density at radius 3 is 1.54 bits per heavy atom. The number of anilines is 3. The highest BCUT2D eigenvalue weighted by atomic mass is 32.1. The van der Waals surface area contributed by atoms with E-state index in [-0.39, 0.29) is 5.41 Å². The molecule has 1 aliphatic rings. The van der Waals surface area contributed by atoms with E-state index in [1.165, 1.54) is 92.4 Å². The molecule has 0 fully saturated rings. The number of hydrogen-bond acceptors (Lipinski definition) is 2. The van der Waals surface area contributed by atoms with E-state index in [9.17, 15) is 0 Å². The Morgan fingerprint density at radius 2 is 0.877 bits per heavy atom. The van der Waals surface area contributed by atoms with Crippen molar-refractivity contribution >= 4 is 71.3 Å². The molecule has 0 radical (unpaired) electrons. The zero-order valence-corrected chi connectivity index (χ0v) is 36.9. The van der Waals surface area contributed by atoms with Gasteiger partial charge in [-0.05, 0) is 130 Å². The van der Waals surface area contributed by atoms with Gasteiger partial charge in [-0.25, -0.2) is 0 Å². The zero-order chi connectivity index (χ0) is 43.2. The molecule has 0 spiro atoms. The van der Waals surface area contributed by atoms with Crippen LogP contribution in [0.4, 0.5) is 16.4 Å². The van der Waals surface area contributed by atoms with E-state index in [1.54, 1.807) is 0 Å². The molecule has 3 aromatic heterocycles. The van der Waals surface area contributed by atoms with Gasteiger partial charge in [0.15, 0.2) is 0 Å². The Kier molecular flexibility index (Phi) is 8.43. The molecule has 0 amide bonds. The minimum absolute atomic E-state index is 0.103. The van der Waals surface area contributed by atoms with Gasteiger partial charge in [-0.2, -0.15) is 0 Å². The fourth-order valence-corrected chi connectivity index (χ4v) is 11.7. The summed E-state index contributed by atoms with van der Waals surface area (Å²) in [6.07, 6.45) is 0. The first kappa shape index (κ1) is 37.6. The molecular weight excluding hydrogens is 807 g/mol. The second-order valence-corrected chi connectivity index (χ2v) is 18.8. The lowest BCUT2D eigenvalue weighted by atomic mass is 9.82. The van der Waals surface area contributed by atoms with Crippen LogP contribution in [0.2, 0.25) is 0 Å². The van der Waals surface area contributed by atoms with Crippen LogP contribution in [-0.2, 0) is 5.41 Å². The van der Waals surface area contributed by atoms with Crippen molar-refractivity contribution in [3.05, 3.63) is 236 Å². The molecule has 1 aliphatic carbocycles. The average molecular weight is 850 g/mol. The monoisotopic (exact) mass is 849 g/mol. The number of fused-ring (bicyclic) bond motifs is 9. The third kappa shape index (κ3) is 5.88. The molecule has 308 valence electrons. The molecule has 0 unspecified atom stereocenters. The van der Waals surface area contributed by atoms with Crippen LogP contribution in [0.1, 0.15) is 25.0 Å². The van der Waals surface area contributed by atoms with Gasteiger partial charge < -0.3 is 14.0 Å². The summed E-state index contributed by atoms with van der Waals surface area (Å²) in [6.45, 7) is 4.72. The summed E-state index contributed by atoms with van der Waals surface area (Å²) >= 11 is 1.84. The maximum absolute atomic E-state index is 2.44. The minimum atomic E-state index is -0.103. The summed E-state index contributed by atoms with van der Waals surface area (Å²) in [5.41, 5.74) is 18.4. The molecule has 9 aromatic carbocycles. The highest BCUT2D eigenvalue weighted by Crippen LogP contribution is 2.51. The summed E-state index contributed by atoms with van der Waals surface area (Å²) in [5, 5.41) is 6.20. The van der Waals surface area contributed by atoms with Crippen LogP contribution in [0.15, 0.2) is 224 Å². The lowest BCUT2D eigenvalue weighted by molar-refractivity contribution is 0.660. The SMILES string of the molecule is CC1(C)c2ccccc2-c2ccc(N(c3ccc(-c4ccccc4)cc3)c3ccc(-c4ccc5c(c4)c4ccccc4n5-c4ccc(-n5c6ccccc6c6ccccc65)cc4)s3)cc21. The van der Waals surface area contributed by atoms with Crippen molar-refractivity contribution in [2.75, 3.05) is 4.90 Å². The topological polar surface area (TPSA) is 13.1 Å². The second-order valence-electron chi connectivity index (χ2n) is 17.8. The molecule has 12 aromatic rings. The van der Waals surface area contributed by atoms with Crippen molar-refractivity contribution in [2.45, 2.75) is 19.3 Å². The summed E-state index contributed by atoms with van der Waals surface area (Å²) in [5.74, 6) is 0. The van der Waals surface area contributed by atoms with Crippen LogP contribution < -0.4 is 4.90 Å². The molecule has 3 heterocycles. The Labute approximate surface area is 382 Å². The van der Waals surface area contributed by atoms with E-state index < -0.39 is 0 Å². The van der Waals surface area contributed by atoms with Crippen LogP contribution >= 0.6 is 11.3 Å². The molecule has 0 N–H and O–H groups in total. The largest absolute Gasteiger partial charge is 0.309 e. The van der Waals surface area contributed by atoms with Crippen LogP contribution in [-0.4, -0.2) is 9.13 Å². The number of nitrogens with zero attached hydrogens (tertiary/aromatic N) is 3. The maximum atomic E-state index is 2.44. The fourth-order valence-electron chi connectivity index (χ4n) is 10.6. The van der Waals surface area contributed by atoms with E-state index in [4.69, 9.17) is 0 Å². The molecule has 0 saturated heterocycles. The summed E-state index contributed by atoms with van der Waals surface area (Å²) in [7, 11) is 0. The van der Waals surface area contributed by atoms with Crippen molar-refractivity contribution < 1.29 is 0 Å².